The summed E-state index contributed by atoms with van der Waals surface area (Å²) in [5, 5.41) is 10.5. The molecule has 0 saturated heterocycles. The van der Waals surface area contributed by atoms with Crippen LogP contribution in [0.5, 0.6) is 0 Å². The number of nitrogens with zero attached hydrogens (tertiary/aromatic N) is 1. The Balaban J connectivity index is 2.50. The highest BCUT2D eigenvalue weighted by Crippen LogP contribution is 2.20. The van der Waals surface area contributed by atoms with Crippen molar-refractivity contribution in [3.8, 4) is 0 Å². The van der Waals surface area contributed by atoms with Crippen molar-refractivity contribution in [1.82, 2.24) is 4.90 Å². The molecule has 0 bridgehead atoms. The molecule has 0 heterocycles. The summed E-state index contributed by atoms with van der Waals surface area (Å²) < 4.78 is 0. The Kier molecular flexibility index (Phi) is 8.15. The maximum Gasteiger partial charge on any atom is 0.0942 e. The van der Waals surface area contributed by atoms with Gasteiger partial charge in [-0.15, -0.1) is 0 Å². The van der Waals surface area contributed by atoms with Crippen LogP contribution in [0.4, 0.5) is 0 Å². The fraction of sp³-hybridized carbons (Fsp3) is 0.500. The summed E-state index contributed by atoms with van der Waals surface area (Å²) in [6, 6.07) is 9.97. The molecule has 0 fully saturated rings. The van der Waals surface area contributed by atoms with Gasteiger partial charge in [0, 0.05) is 12.6 Å². The molecular formula is C20H31NO. The zero-order valence-electron chi connectivity index (χ0n) is 14.7. The number of benzene rings is 1. The fourth-order valence-electron chi connectivity index (χ4n) is 2.33. The van der Waals surface area contributed by atoms with Gasteiger partial charge >= 0.3 is 0 Å². The Morgan fingerprint density at radius 3 is 2.36 bits per heavy atom. The van der Waals surface area contributed by atoms with E-state index in [1.54, 1.807) is 0 Å². The Morgan fingerprint density at radius 1 is 1.14 bits per heavy atom. The van der Waals surface area contributed by atoms with Gasteiger partial charge in [0.15, 0.2) is 0 Å². The van der Waals surface area contributed by atoms with E-state index >= 15 is 0 Å². The van der Waals surface area contributed by atoms with E-state index in [4.69, 9.17) is 0 Å². The van der Waals surface area contributed by atoms with Crippen LogP contribution in [0.2, 0.25) is 0 Å². The SMILES string of the molecule is CC(C)=CCC/C(C)=C\CN(C)[C@@H](C)[C@H](O)c1ccccc1. The molecule has 1 aromatic rings. The zero-order chi connectivity index (χ0) is 16.5. The third-order valence-corrected chi connectivity index (χ3v) is 4.11. The lowest BCUT2D eigenvalue weighted by Crippen LogP contribution is -2.34. The minimum atomic E-state index is -0.453. The second-order valence-electron chi connectivity index (χ2n) is 6.41. The topological polar surface area (TPSA) is 23.5 Å². The normalized spacial score (nSPS) is 14.8. The summed E-state index contributed by atoms with van der Waals surface area (Å²) in [4.78, 5) is 2.20. The molecule has 1 aromatic carbocycles. The highest BCUT2D eigenvalue weighted by molar-refractivity contribution is 5.18. The lowest BCUT2D eigenvalue weighted by molar-refractivity contribution is 0.0785. The molecule has 0 radical (unpaired) electrons. The number of aliphatic hydroxyl groups is 1. The predicted octanol–water partition coefficient (Wildman–Crippen LogP) is 4.73. The van der Waals surface area contributed by atoms with Crippen LogP contribution in [0.1, 0.15) is 52.2 Å². The third-order valence-electron chi connectivity index (χ3n) is 4.11. The molecule has 2 atom stereocenters. The summed E-state index contributed by atoms with van der Waals surface area (Å²) in [5.74, 6) is 0. The number of likely N-dealkylation sites (N-methyl/N-ethyl adjacent to an activating group) is 1. The highest BCUT2D eigenvalue weighted by atomic mass is 16.3. The lowest BCUT2D eigenvalue weighted by atomic mass is 10.0. The van der Waals surface area contributed by atoms with E-state index in [2.05, 4.69) is 51.8 Å². The van der Waals surface area contributed by atoms with E-state index in [1.165, 1.54) is 11.1 Å². The van der Waals surface area contributed by atoms with Gasteiger partial charge in [-0.05, 0) is 53.1 Å². The van der Waals surface area contributed by atoms with Crippen LogP contribution in [0.15, 0.2) is 53.6 Å². The van der Waals surface area contributed by atoms with Crippen molar-refractivity contribution in [1.29, 1.82) is 0 Å². The van der Waals surface area contributed by atoms with Gasteiger partial charge in [-0.3, -0.25) is 4.90 Å². The predicted molar refractivity (Wildman–Crippen MR) is 95.9 cm³/mol. The Labute approximate surface area is 136 Å². The van der Waals surface area contributed by atoms with Gasteiger partial charge < -0.3 is 5.11 Å². The van der Waals surface area contributed by atoms with Gasteiger partial charge in [0.1, 0.15) is 0 Å². The molecule has 1 N–H and O–H groups in total. The number of aliphatic hydroxyl groups excluding tert-OH is 1. The standard InChI is InChI=1S/C20H31NO/c1-16(2)10-9-11-17(3)14-15-21(5)18(4)20(22)19-12-7-6-8-13-19/h6-8,10,12-14,18,20,22H,9,11,15H2,1-5H3/b17-14-/t18-,20-/m0/s1. The summed E-state index contributed by atoms with van der Waals surface area (Å²) >= 11 is 0. The first kappa shape index (κ1) is 18.7. The number of hydrogen-bond acceptors (Lipinski definition) is 2. The van der Waals surface area contributed by atoms with Crippen LogP contribution < -0.4 is 0 Å². The molecule has 0 saturated carbocycles. The molecule has 0 amide bonds. The van der Waals surface area contributed by atoms with Crippen molar-refractivity contribution < 1.29 is 5.11 Å². The third kappa shape index (κ3) is 6.59. The maximum atomic E-state index is 10.5. The van der Waals surface area contributed by atoms with Crippen molar-refractivity contribution in [3.05, 3.63) is 59.2 Å². The van der Waals surface area contributed by atoms with Crippen molar-refractivity contribution in [2.75, 3.05) is 13.6 Å². The van der Waals surface area contributed by atoms with Crippen molar-refractivity contribution in [2.45, 2.75) is 52.7 Å². The quantitative estimate of drug-likeness (QED) is 0.701. The molecule has 0 unspecified atom stereocenters. The van der Waals surface area contributed by atoms with E-state index in [-0.39, 0.29) is 6.04 Å². The molecule has 2 heteroatoms. The van der Waals surface area contributed by atoms with Gasteiger partial charge in [0.2, 0.25) is 0 Å². The first-order valence-electron chi connectivity index (χ1n) is 8.14. The second kappa shape index (κ2) is 9.60. The molecule has 0 aromatic heterocycles. The molecule has 0 aliphatic carbocycles. The Hall–Kier alpha value is -1.38. The molecular weight excluding hydrogens is 270 g/mol. The van der Waals surface area contributed by atoms with Gasteiger partial charge in [-0.25, -0.2) is 0 Å². The van der Waals surface area contributed by atoms with Crippen LogP contribution in [-0.2, 0) is 0 Å². The molecule has 0 spiro atoms. The van der Waals surface area contributed by atoms with Crippen LogP contribution in [0.25, 0.3) is 0 Å². The van der Waals surface area contributed by atoms with Crippen LogP contribution in [-0.4, -0.2) is 29.6 Å². The van der Waals surface area contributed by atoms with Crippen molar-refractivity contribution in [3.63, 3.8) is 0 Å². The summed E-state index contributed by atoms with van der Waals surface area (Å²) in [6.45, 7) is 9.40. The first-order valence-corrected chi connectivity index (χ1v) is 8.14. The average molecular weight is 301 g/mol. The van der Waals surface area contributed by atoms with Gasteiger partial charge in [0.05, 0.1) is 6.10 Å². The van der Waals surface area contributed by atoms with E-state index in [0.717, 1.165) is 24.9 Å². The van der Waals surface area contributed by atoms with Crippen LogP contribution in [0.3, 0.4) is 0 Å². The molecule has 0 aliphatic heterocycles. The van der Waals surface area contributed by atoms with E-state index in [0.29, 0.717) is 0 Å². The molecule has 22 heavy (non-hydrogen) atoms. The first-order chi connectivity index (χ1) is 10.4. The van der Waals surface area contributed by atoms with Crippen LogP contribution in [0, 0.1) is 0 Å². The second-order valence-corrected chi connectivity index (χ2v) is 6.41. The minimum Gasteiger partial charge on any atom is -0.387 e. The van der Waals surface area contributed by atoms with Crippen molar-refractivity contribution >= 4 is 0 Å². The maximum absolute atomic E-state index is 10.5. The molecule has 2 nitrogen and oxygen atoms in total. The van der Waals surface area contributed by atoms with Gasteiger partial charge in [0.25, 0.3) is 0 Å². The fourth-order valence-corrected chi connectivity index (χ4v) is 2.33. The number of allylic oxidation sites excluding steroid dienone is 3. The highest BCUT2D eigenvalue weighted by Gasteiger charge is 2.19. The molecule has 0 aliphatic rings. The number of hydrogen-bond donors (Lipinski definition) is 1. The lowest BCUT2D eigenvalue weighted by Gasteiger charge is -2.28. The Bertz CT molecular complexity index is 486. The molecule has 1 rings (SSSR count). The summed E-state index contributed by atoms with van der Waals surface area (Å²) in [6.07, 6.45) is 6.31. The monoisotopic (exact) mass is 301 g/mol. The minimum absolute atomic E-state index is 0.0873. The summed E-state index contributed by atoms with van der Waals surface area (Å²) in [7, 11) is 2.07. The van der Waals surface area contributed by atoms with Gasteiger partial charge in [-0.1, -0.05) is 53.6 Å². The van der Waals surface area contributed by atoms with Gasteiger partial charge in [-0.2, -0.15) is 0 Å². The largest absolute Gasteiger partial charge is 0.387 e. The smallest absolute Gasteiger partial charge is 0.0942 e. The zero-order valence-corrected chi connectivity index (χ0v) is 14.7. The Morgan fingerprint density at radius 2 is 1.77 bits per heavy atom. The van der Waals surface area contributed by atoms with Crippen LogP contribution >= 0.6 is 0 Å². The van der Waals surface area contributed by atoms with E-state index < -0.39 is 6.10 Å². The van der Waals surface area contributed by atoms with E-state index in [1.807, 2.05) is 30.3 Å². The average Bonchev–Trinajstić information content (AvgIpc) is 2.51. The van der Waals surface area contributed by atoms with Crippen molar-refractivity contribution in [2.24, 2.45) is 0 Å². The van der Waals surface area contributed by atoms with E-state index in [9.17, 15) is 5.11 Å². The summed E-state index contributed by atoms with van der Waals surface area (Å²) in [5.41, 5.74) is 3.77. The number of rotatable bonds is 8. The molecule has 122 valence electrons.